The number of nitrogens with zero attached hydrogens (tertiary/aromatic N) is 1. The minimum atomic E-state index is -0.166. The first-order valence-electron chi connectivity index (χ1n) is 5.76. The molecule has 0 spiro atoms. The molecule has 0 aromatic carbocycles. The fourth-order valence-electron chi connectivity index (χ4n) is 1.44. The van der Waals surface area contributed by atoms with Crippen LogP contribution in [0.15, 0.2) is 0 Å². The molecule has 0 saturated carbocycles. The lowest BCUT2D eigenvalue weighted by Crippen LogP contribution is -2.49. The van der Waals surface area contributed by atoms with Gasteiger partial charge in [-0.1, -0.05) is 0 Å². The highest BCUT2D eigenvalue weighted by Crippen LogP contribution is 1.99. The summed E-state index contributed by atoms with van der Waals surface area (Å²) in [6, 6.07) is -0.00167. The van der Waals surface area contributed by atoms with Crippen LogP contribution in [0.4, 0.5) is 0 Å². The number of nitrogens with two attached hydrogens (primary N) is 1. The van der Waals surface area contributed by atoms with Crippen LogP contribution in [-0.4, -0.2) is 56.2 Å². The second-order valence-electron chi connectivity index (χ2n) is 4.16. The van der Waals surface area contributed by atoms with E-state index in [-0.39, 0.29) is 18.0 Å². The Morgan fingerprint density at radius 2 is 2.00 bits per heavy atom. The molecule has 1 atom stereocenters. The summed E-state index contributed by atoms with van der Waals surface area (Å²) in [6.45, 7) is 8.38. The highest BCUT2D eigenvalue weighted by atomic mass is 16.5. The van der Waals surface area contributed by atoms with Gasteiger partial charge in [0.05, 0.1) is 12.6 Å². The molecule has 0 aliphatic heterocycles. The normalized spacial score (nSPS) is 13.2. The molecule has 5 nitrogen and oxygen atoms in total. The summed E-state index contributed by atoms with van der Waals surface area (Å²) >= 11 is 0. The van der Waals surface area contributed by atoms with Crippen molar-refractivity contribution in [2.45, 2.75) is 32.9 Å². The van der Waals surface area contributed by atoms with Crippen molar-refractivity contribution in [2.75, 3.05) is 33.4 Å². The van der Waals surface area contributed by atoms with Crippen molar-refractivity contribution in [3.63, 3.8) is 0 Å². The lowest BCUT2D eigenvalue weighted by Gasteiger charge is -2.28. The zero-order valence-electron chi connectivity index (χ0n) is 10.8. The molecule has 0 radical (unpaired) electrons. The van der Waals surface area contributed by atoms with E-state index in [1.807, 2.05) is 25.7 Å². The molecule has 0 fully saturated rings. The van der Waals surface area contributed by atoms with Crippen LogP contribution in [0.2, 0.25) is 0 Å². The third-order valence-electron chi connectivity index (χ3n) is 2.36. The van der Waals surface area contributed by atoms with E-state index in [9.17, 15) is 4.79 Å². The van der Waals surface area contributed by atoms with Crippen molar-refractivity contribution in [3.8, 4) is 0 Å². The minimum absolute atomic E-state index is 0.0413. The van der Waals surface area contributed by atoms with Crippen LogP contribution in [0.25, 0.3) is 0 Å². The third-order valence-corrected chi connectivity index (χ3v) is 2.36. The van der Waals surface area contributed by atoms with E-state index in [0.717, 1.165) is 6.54 Å². The molecule has 0 aromatic rings. The zero-order valence-corrected chi connectivity index (χ0v) is 10.8. The van der Waals surface area contributed by atoms with Crippen LogP contribution in [0.1, 0.15) is 20.8 Å². The van der Waals surface area contributed by atoms with Gasteiger partial charge in [0.15, 0.2) is 0 Å². The Kier molecular flexibility index (Phi) is 8.15. The summed E-state index contributed by atoms with van der Waals surface area (Å²) in [7, 11) is 1.65. The number of carbonyl (C=O) groups is 1. The Balaban J connectivity index is 4.23. The maximum absolute atomic E-state index is 11.8. The van der Waals surface area contributed by atoms with Crippen LogP contribution in [-0.2, 0) is 9.53 Å². The van der Waals surface area contributed by atoms with E-state index < -0.39 is 0 Å². The largest absolute Gasteiger partial charge is 0.383 e. The van der Waals surface area contributed by atoms with Gasteiger partial charge in [-0.05, 0) is 20.8 Å². The fourth-order valence-corrected chi connectivity index (χ4v) is 1.44. The number of nitrogens with one attached hydrogen (secondary N) is 1. The summed E-state index contributed by atoms with van der Waals surface area (Å²) in [5.41, 5.74) is 5.53. The second kappa shape index (κ2) is 8.50. The maximum atomic E-state index is 11.8. The van der Waals surface area contributed by atoms with Gasteiger partial charge >= 0.3 is 0 Å². The molecule has 1 amide bonds. The first kappa shape index (κ1) is 15.3. The topological polar surface area (TPSA) is 67.6 Å². The van der Waals surface area contributed by atoms with Crippen molar-refractivity contribution in [3.05, 3.63) is 0 Å². The Morgan fingerprint density at radius 3 is 2.44 bits per heavy atom. The molecule has 0 saturated heterocycles. The van der Waals surface area contributed by atoms with Crippen molar-refractivity contribution < 1.29 is 9.53 Å². The zero-order chi connectivity index (χ0) is 12.6. The summed E-state index contributed by atoms with van der Waals surface area (Å²) in [4.78, 5) is 13.8. The lowest BCUT2D eigenvalue weighted by atomic mass is 10.2. The molecule has 0 rings (SSSR count). The Bertz CT molecular complexity index is 198. The molecule has 0 aliphatic carbocycles. The standard InChI is InChI=1S/C11H25N3O2/c1-9(2)13-11(15)10(3)14(6-5-12)7-8-16-4/h9-10H,5-8,12H2,1-4H3,(H,13,15). The Hall–Kier alpha value is -0.650. The van der Waals surface area contributed by atoms with Gasteiger partial charge in [-0.3, -0.25) is 9.69 Å². The Morgan fingerprint density at radius 1 is 1.38 bits per heavy atom. The number of rotatable bonds is 8. The predicted octanol–water partition coefficient (Wildman–Crippen LogP) is -0.193. The van der Waals surface area contributed by atoms with Crippen LogP contribution in [0.5, 0.6) is 0 Å². The molecule has 0 aromatic heterocycles. The van der Waals surface area contributed by atoms with Gasteiger partial charge in [-0.15, -0.1) is 0 Å². The van der Waals surface area contributed by atoms with Crippen molar-refractivity contribution in [1.82, 2.24) is 10.2 Å². The number of methoxy groups -OCH3 is 1. The number of ether oxygens (including phenoxy) is 1. The van der Waals surface area contributed by atoms with E-state index in [4.69, 9.17) is 10.5 Å². The molecule has 0 bridgehead atoms. The van der Waals surface area contributed by atoms with Gasteiger partial charge < -0.3 is 15.8 Å². The van der Waals surface area contributed by atoms with Gasteiger partial charge in [-0.2, -0.15) is 0 Å². The number of hydrogen-bond donors (Lipinski definition) is 2. The van der Waals surface area contributed by atoms with Gasteiger partial charge in [0.1, 0.15) is 0 Å². The van der Waals surface area contributed by atoms with Gasteiger partial charge in [0, 0.05) is 32.8 Å². The predicted molar refractivity (Wildman–Crippen MR) is 65.2 cm³/mol. The van der Waals surface area contributed by atoms with E-state index in [1.165, 1.54) is 0 Å². The highest BCUT2D eigenvalue weighted by Gasteiger charge is 2.20. The molecule has 0 aliphatic rings. The summed E-state index contributed by atoms with van der Waals surface area (Å²) in [5, 5.41) is 2.90. The van der Waals surface area contributed by atoms with E-state index in [1.54, 1.807) is 7.11 Å². The summed E-state index contributed by atoms with van der Waals surface area (Å²) in [6.07, 6.45) is 0. The monoisotopic (exact) mass is 231 g/mol. The second-order valence-corrected chi connectivity index (χ2v) is 4.16. The van der Waals surface area contributed by atoms with Crippen molar-refractivity contribution in [1.29, 1.82) is 0 Å². The SMILES string of the molecule is COCCN(CCN)C(C)C(=O)NC(C)C. The minimum Gasteiger partial charge on any atom is -0.383 e. The van der Waals surface area contributed by atoms with Crippen molar-refractivity contribution in [2.24, 2.45) is 5.73 Å². The maximum Gasteiger partial charge on any atom is 0.237 e. The molecule has 96 valence electrons. The third kappa shape index (κ3) is 6.05. The average Bonchev–Trinajstić information content (AvgIpc) is 2.22. The van der Waals surface area contributed by atoms with Crippen LogP contribution >= 0.6 is 0 Å². The van der Waals surface area contributed by atoms with Crippen LogP contribution in [0.3, 0.4) is 0 Å². The molecule has 16 heavy (non-hydrogen) atoms. The summed E-state index contributed by atoms with van der Waals surface area (Å²) in [5.74, 6) is 0.0413. The molecule has 0 heterocycles. The first-order valence-corrected chi connectivity index (χ1v) is 5.76. The van der Waals surface area contributed by atoms with E-state index in [0.29, 0.717) is 19.7 Å². The Labute approximate surface area is 98.3 Å². The number of carbonyl (C=O) groups excluding carboxylic acids is 1. The number of hydrogen-bond acceptors (Lipinski definition) is 4. The molecule has 5 heteroatoms. The average molecular weight is 231 g/mol. The fraction of sp³-hybridized carbons (Fsp3) is 0.909. The quantitative estimate of drug-likeness (QED) is 0.607. The smallest absolute Gasteiger partial charge is 0.237 e. The lowest BCUT2D eigenvalue weighted by molar-refractivity contribution is -0.126. The van der Waals surface area contributed by atoms with Crippen molar-refractivity contribution >= 4 is 5.91 Å². The number of amides is 1. The van der Waals surface area contributed by atoms with E-state index in [2.05, 4.69) is 5.32 Å². The first-order chi connectivity index (χ1) is 7.52. The van der Waals surface area contributed by atoms with Crippen LogP contribution < -0.4 is 11.1 Å². The molecule has 1 unspecified atom stereocenters. The van der Waals surface area contributed by atoms with Crippen LogP contribution in [0, 0.1) is 0 Å². The molecular formula is C11H25N3O2. The van der Waals surface area contributed by atoms with Gasteiger partial charge in [0.2, 0.25) is 5.91 Å². The molecule has 3 N–H and O–H groups in total. The van der Waals surface area contributed by atoms with E-state index >= 15 is 0 Å². The summed E-state index contributed by atoms with van der Waals surface area (Å²) < 4.78 is 5.02. The van der Waals surface area contributed by atoms with Gasteiger partial charge in [0.25, 0.3) is 0 Å². The van der Waals surface area contributed by atoms with Gasteiger partial charge in [-0.25, -0.2) is 0 Å². The molecular weight excluding hydrogens is 206 g/mol. The highest BCUT2D eigenvalue weighted by molar-refractivity contribution is 5.81.